The number of hydrogen-bond donors (Lipinski definition) is 0. The molecule has 114 valence electrons. The molecule has 0 aromatic rings. The highest BCUT2D eigenvalue weighted by Gasteiger charge is 2.64. The normalized spacial score (nSPS) is 40.8. The van der Waals surface area contributed by atoms with Gasteiger partial charge in [-0.2, -0.15) is 0 Å². The summed E-state index contributed by atoms with van der Waals surface area (Å²) in [5.41, 5.74) is 1.02. The Morgan fingerprint density at radius 1 is 1.30 bits per heavy atom. The van der Waals surface area contributed by atoms with Gasteiger partial charge in [-0.15, -0.1) is 11.8 Å². The van der Waals surface area contributed by atoms with Gasteiger partial charge < -0.3 is 4.74 Å². The van der Waals surface area contributed by atoms with Crippen LogP contribution in [0.1, 0.15) is 40.0 Å². The third-order valence-corrected chi connectivity index (χ3v) is 7.59. The van der Waals surface area contributed by atoms with Crippen LogP contribution in [0.4, 0.5) is 0 Å². The van der Waals surface area contributed by atoms with Crippen LogP contribution in [0.5, 0.6) is 0 Å². The summed E-state index contributed by atoms with van der Waals surface area (Å²) < 4.78 is 5.56. The fraction of sp³-hybridized carbons (Fsp3) is 0.882. The number of nitrogens with zero attached hydrogens (tertiary/aromatic N) is 1. The van der Waals surface area contributed by atoms with E-state index in [1.165, 1.54) is 25.0 Å². The molecule has 3 rings (SSSR count). The monoisotopic (exact) mass is 295 g/mol. The van der Waals surface area contributed by atoms with E-state index in [9.17, 15) is 0 Å². The highest BCUT2D eigenvalue weighted by Crippen LogP contribution is 2.67. The first-order valence-electron chi connectivity index (χ1n) is 8.16. The van der Waals surface area contributed by atoms with Crippen LogP contribution < -0.4 is 0 Å². The molecule has 3 atom stereocenters. The van der Waals surface area contributed by atoms with Crippen LogP contribution in [0.25, 0.3) is 0 Å². The molecular formula is C17H29NOS. The molecule has 2 bridgehead atoms. The summed E-state index contributed by atoms with van der Waals surface area (Å²) in [5, 5.41) is 2.28. The smallest absolute Gasteiger partial charge is 0.0594 e. The molecule has 3 unspecified atom stereocenters. The van der Waals surface area contributed by atoms with E-state index < -0.39 is 0 Å². The molecule has 3 fully saturated rings. The van der Waals surface area contributed by atoms with Crippen molar-refractivity contribution in [2.75, 3.05) is 32.1 Å². The van der Waals surface area contributed by atoms with Crippen molar-refractivity contribution in [1.29, 1.82) is 0 Å². The Kier molecular flexibility index (Phi) is 4.22. The van der Waals surface area contributed by atoms with Crippen molar-refractivity contribution < 1.29 is 4.74 Å². The number of morpholine rings is 1. The van der Waals surface area contributed by atoms with Gasteiger partial charge in [0, 0.05) is 30.3 Å². The second-order valence-corrected chi connectivity index (χ2v) is 8.19. The van der Waals surface area contributed by atoms with Crippen LogP contribution in [-0.2, 0) is 4.74 Å². The summed E-state index contributed by atoms with van der Waals surface area (Å²) in [4.78, 5) is 2.75. The zero-order chi connectivity index (χ0) is 14.2. The maximum Gasteiger partial charge on any atom is 0.0594 e. The molecule has 1 aliphatic heterocycles. The van der Waals surface area contributed by atoms with E-state index in [0.717, 1.165) is 38.3 Å². The summed E-state index contributed by atoms with van der Waals surface area (Å²) in [6.07, 6.45) is 6.48. The third kappa shape index (κ3) is 2.17. The fourth-order valence-electron chi connectivity index (χ4n) is 5.06. The molecule has 20 heavy (non-hydrogen) atoms. The van der Waals surface area contributed by atoms with E-state index >= 15 is 0 Å². The van der Waals surface area contributed by atoms with Gasteiger partial charge in [0.25, 0.3) is 0 Å². The maximum atomic E-state index is 5.56. The number of fused-ring (bicyclic) bond motifs is 2. The van der Waals surface area contributed by atoms with Gasteiger partial charge in [0.05, 0.1) is 13.2 Å². The molecule has 0 aromatic carbocycles. The van der Waals surface area contributed by atoms with Crippen molar-refractivity contribution in [2.24, 2.45) is 16.7 Å². The van der Waals surface area contributed by atoms with Gasteiger partial charge in [0.1, 0.15) is 0 Å². The van der Waals surface area contributed by atoms with E-state index in [2.05, 4.69) is 37.2 Å². The van der Waals surface area contributed by atoms with Gasteiger partial charge in [-0.05, 0) is 42.9 Å². The number of hydrogen-bond acceptors (Lipinski definition) is 3. The molecular weight excluding hydrogens is 266 g/mol. The zero-order valence-corrected chi connectivity index (χ0v) is 14.0. The second kappa shape index (κ2) is 5.66. The average molecular weight is 295 g/mol. The van der Waals surface area contributed by atoms with Gasteiger partial charge in [0.2, 0.25) is 0 Å². The molecule has 0 radical (unpaired) electrons. The van der Waals surface area contributed by atoms with Gasteiger partial charge in [-0.25, -0.2) is 0 Å². The Morgan fingerprint density at radius 2 is 2.05 bits per heavy atom. The van der Waals surface area contributed by atoms with E-state index in [0.29, 0.717) is 10.8 Å². The van der Waals surface area contributed by atoms with Crippen molar-refractivity contribution in [2.45, 2.75) is 46.1 Å². The number of allylic oxidation sites excluding steroid dienone is 1. The highest BCUT2D eigenvalue weighted by molar-refractivity contribution is 8.02. The molecule has 2 nitrogen and oxygen atoms in total. The standard InChI is InChI=1S/C17H29NOS/c1-4-11-20-13-17-6-5-14(16(17,2)3)12-15(17)18-7-9-19-10-8-18/h4,11,14-15H,5-10,12-13H2,1-3H3/b11-4+. The molecule has 1 saturated heterocycles. The Balaban J connectivity index is 1.82. The molecule has 0 spiro atoms. The molecule has 0 N–H and O–H groups in total. The van der Waals surface area contributed by atoms with Crippen molar-refractivity contribution >= 4 is 11.8 Å². The van der Waals surface area contributed by atoms with Crippen molar-refractivity contribution in [3.05, 3.63) is 11.5 Å². The summed E-state index contributed by atoms with van der Waals surface area (Å²) in [6, 6.07) is 0.790. The Labute approximate surface area is 128 Å². The molecule has 3 aliphatic rings. The largest absolute Gasteiger partial charge is 0.379 e. The minimum absolute atomic E-state index is 0.505. The van der Waals surface area contributed by atoms with Gasteiger partial charge in [-0.1, -0.05) is 19.9 Å². The fourth-order valence-corrected chi connectivity index (χ4v) is 6.35. The molecule has 2 aliphatic carbocycles. The minimum Gasteiger partial charge on any atom is -0.379 e. The molecule has 2 saturated carbocycles. The molecule has 0 amide bonds. The van der Waals surface area contributed by atoms with Crippen LogP contribution >= 0.6 is 11.8 Å². The predicted molar refractivity (Wildman–Crippen MR) is 87.0 cm³/mol. The molecule has 0 aromatic heterocycles. The Bertz CT molecular complexity index is 375. The van der Waals surface area contributed by atoms with Gasteiger partial charge in [0.15, 0.2) is 0 Å². The van der Waals surface area contributed by atoms with Crippen LogP contribution in [0.3, 0.4) is 0 Å². The zero-order valence-electron chi connectivity index (χ0n) is 13.2. The quantitative estimate of drug-likeness (QED) is 0.783. The van der Waals surface area contributed by atoms with Gasteiger partial charge >= 0.3 is 0 Å². The topological polar surface area (TPSA) is 12.5 Å². The van der Waals surface area contributed by atoms with Crippen LogP contribution in [-0.4, -0.2) is 43.0 Å². The van der Waals surface area contributed by atoms with Crippen LogP contribution in [0.2, 0.25) is 0 Å². The van der Waals surface area contributed by atoms with Crippen LogP contribution in [0, 0.1) is 16.7 Å². The summed E-state index contributed by atoms with van der Waals surface area (Å²) in [7, 11) is 0. The lowest BCUT2D eigenvalue weighted by atomic mass is 9.68. The summed E-state index contributed by atoms with van der Waals surface area (Å²) in [6.45, 7) is 11.4. The predicted octanol–water partition coefficient (Wildman–Crippen LogP) is 3.78. The van der Waals surface area contributed by atoms with Crippen molar-refractivity contribution in [3.8, 4) is 0 Å². The van der Waals surface area contributed by atoms with E-state index in [1.54, 1.807) is 0 Å². The van der Waals surface area contributed by atoms with Crippen molar-refractivity contribution in [3.63, 3.8) is 0 Å². The third-order valence-electron chi connectivity index (χ3n) is 6.45. The Morgan fingerprint density at radius 3 is 2.70 bits per heavy atom. The van der Waals surface area contributed by atoms with Gasteiger partial charge in [-0.3, -0.25) is 4.90 Å². The second-order valence-electron chi connectivity index (χ2n) is 7.29. The highest BCUT2D eigenvalue weighted by atomic mass is 32.2. The summed E-state index contributed by atoms with van der Waals surface area (Å²) in [5.74, 6) is 2.23. The maximum absolute atomic E-state index is 5.56. The molecule has 1 heterocycles. The number of rotatable bonds is 4. The summed E-state index contributed by atoms with van der Waals surface area (Å²) >= 11 is 2.03. The number of thioether (sulfide) groups is 1. The average Bonchev–Trinajstić information content (AvgIpc) is 2.83. The number of ether oxygens (including phenoxy) is 1. The van der Waals surface area contributed by atoms with E-state index in [-0.39, 0.29) is 0 Å². The van der Waals surface area contributed by atoms with Crippen LogP contribution in [0.15, 0.2) is 11.5 Å². The van der Waals surface area contributed by atoms with E-state index in [4.69, 9.17) is 4.74 Å². The SMILES string of the molecule is C/C=C/SCC12CCC(CC1N1CCOCC1)C2(C)C. The first-order chi connectivity index (χ1) is 9.62. The lowest BCUT2D eigenvalue weighted by Gasteiger charge is -2.47. The lowest BCUT2D eigenvalue weighted by molar-refractivity contribution is -0.0250. The minimum atomic E-state index is 0.505. The first-order valence-corrected chi connectivity index (χ1v) is 9.21. The van der Waals surface area contributed by atoms with E-state index in [1.807, 2.05) is 11.8 Å². The Hall–Kier alpha value is 0.01000. The first kappa shape index (κ1) is 14.9. The van der Waals surface area contributed by atoms with Crippen molar-refractivity contribution in [1.82, 2.24) is 4.90 Å². The molecule has 3 heteroatoms. The lowest BCUT2D eigenvalue weighted by Crippen LogP contribution is -2.53.